The van der Waals surface area contributed by atoms with Crippen LogP contribution in [-0.4, -0.2) is 72.8 Å². The summed E-state index contributed by atoms with van der Waals surface area (Å²) in [6.07, 6.45) is 11.4. The Hall–Kier alpha value is -3.77. The molecule has 2 N–H and O–H groups in total. The first-order valence-corrected chi connectivity index (χ1v) is 15.6. The summed E-state index contributed by atoms with van der Waals surface area (Å²) in [5, 5.41) is 21.6. The fraction of sp³-hybridized carbons (Fsp3) is 0.771. The van der Waals surface area contributed by atoms with Crippen molar-refractivity contribution < 1.29 is 48.3 Å². The molecule has 0 aliphatic heterocycles. The van der Waals surface area contributed by atoms with Gasteiger partial charge >= 0.3 is 23.9 Å². The van der Waals surface area contributed by atoms with Crippen LogP contribution in [0.2, 0.25) is 0 Å². The average molecular weight is 684 g/mol. The molecule has 276 valence electrons. The van der Waals surface area contributed by atoms with Gasteiger partial charge in [-0.15, -0.1) is 18.8 Å². The average Bonchev–Trinajstić information content (AvgIpc) is 2.96. The predicted octanol–water partition coefficient (Wildman–Crippen LogP) is 6.14. The number of esters is 4. The lowest BCUT2D eigenvalue weighted by Gasteiger charge is -2.18. The zero-order valence-electron chi connectivity index (χ0n) is 31.5. The summed E-state index contributed by atoms with van der Waals surface area (Å²) in [6, 6.07) is 0. The van der Waals surface area contributed by atoms with E-state index in [9.17, 15) is 24.3 Å². The number of rotatable bonds is 11. The molecular weight excluding hydrogens is 622 g/mol. The van der Waals surface area contributed by atoms with Crippen molar-refractivity contribution in [1.29, 1.82) is 0 Å². The fourth-order valence-electron chi connectivity index (χ4n) is 2.07. The Kier molecular flexibility index (Phi) is 27.9. The first-order valence-electron chi connectivity index (χ1n) is 15.6. The first kappa shape index (κ1) is 51.1. The van der Waals surface area contributed by atoms with Crippen molar-refractivity contribution in [1.82, 2.24) is 0 Å². The van der Waals surface area contributed by atoms with Crippen LogP contribution in [-0.2, 0) is 38.1 Å². The first-order chi connectivity index (χ1) is 21.7. The summed E-state index contributed by atoms with van der Waals surface area (Å²) in [6.45, 7) is 23.1. The van der Waals surface area contributed by atoms with Gasteiger partial charge in [0.15, 0.2) is 13.3 Å². The molecule has 0 radical (unpaired) electrons. The van der Waals surface area contributed by atoms with Crippen molar-refractivity contribution in [3.63, 3.8) is 0 Å². The van der Waals surface area contributed by atoms with Gasteiger partial charge in [0.2, 0.25) is 0 Å². The highest BCUT2D eigenvalue weighted by Gasteiger charge is 2.25. The van der Waals surface area contributed by atoms with Crippen LogP contribution in [0.5, 0.6) is 0 Å². The summed E-state index contributed by atoms with van der Waals surface area (Å²) in [7, 11) is 0. The maximum absolute atomic E-state index is 11.3. The quantitative estimate of drug-likeness (QED) is 0.0486. The number of unbranched alkanes of at least 4 members (excludes halogenated alkanes) is 1. The number of carbonyl (C=O) groups excluding carboxylic acids is 4. The molecule has 0 spiro atoms. The predicted molar refractivity (Wildman–Crippen MR) is 185 cm³/mol. The van der Waals surface area contributed by atoms with E-state index in [0.29, 0.717) is 19.3 Å². The lowest BCUT2D eigenvalue weighted by molar-refractivity contribution is -0.156. The van der Waals surface area contributed by atoms with Gasteiger partial charge in [-0.2, -0.15) is 0 Å². The Bertz CT molecular complexity index is 1070. The van der Waals surface area contributed by atoms with Crippen molar-refractivity contribution in [3.8, 4) is 24.7 Å². The minimum absolute atomic E-state index is 0.0562. The van der Waals surface area contributed by atoms with Crippen LogP contribution in [0.25, 0.3) is 10.4 Å². The Morgan fingerprint density at radius 1 is 0.688 bits per heavy atom. The van der Waals surface area contributed by atoms with E-state index in [0.717, 1.165) is 6.42 Å². The van der Waals surface area contributed by atoms with Gasteiger partial charge in [-0.1, -0.05) is 18.0 Å². The second-order valence-electron chi connectivity index (χ2n) is 14.6. The standard InChI is InChI=1S/C12H20O3.C9H18O3.C8H12O2.C6H11N3O2/c1-5-6-7-8-10(13)9-15-11(14)12(2,3)4;1-5-7(10)6-12-8(11)9(2,3)4;1-5-6-10-7(9)8(2,3)4;1-6(2,3)5(10)11-4-8-9-7/h1,10,13H,6-9H2,2-4H3;7,10H,5-6H2,1-4H3;1H,6H2,2-4H3;4H2,1-3H3. The molecule has 0 saturated carbocycles. The maximum atomic E-state index is 11.3. The molecule has 0 aromatic rings. The van der Waals surface area contributed by atoms with E-state index < -0.39 is 33.9 Å². The van der Waals surface area contributed by atoms with Gasteiger partial charge in [-0.05, 0) is 108 Å². The molecule has 0 aromatic heterocycles. The Labute approximate surface area is 288 Å². The van der Waals surface area contributed by atoms with Crippen molar-refractivity contribution in [2.45, 2.75) is 128 Å². The summed E-state index contributed by atoms with van der Waals surface area (Å²) in [4.78, 5) is 46.8. The van der Waals surface area contributed by atoms with E-state index >= 15 is 0 Å². The highest BCUT2D eigenvalue weighted by atomic mass is 16.6. The van der Waals surface area contributed by atoms with Crippen LogP contribution in [0, 0.1) is 46.3 Å². The number of aliphatic hydroxyl groups excluding tert-OH is 2. The molecule has 0 amide bonds. The second-order valence-corrected chi connectivity index (χ2v) is 14.6. The van der Waals surface area contributed by atoms with Gasteiger partial charge in [0.25, 0.3) is 0 Å². The summed E-state index contributed by atoms with van der Waals surface area (Å²) < 4.78 is 19.1. The maximum Gasteiger partial charge on any atom is 0.312 e. The second kappa shape index (κ2) is 26.2. The molecule has 0 aromatic carbocycles. The number of hydrogen-bond donors (Lipinski definition) is 2. The van der Waals surface area contributed by atoms with Gasteiger partial charge in [-0.25, -0.2) is 0 Å². The lowest BCUT2D eigenvalue weighted by atomic mass is 9.97. The molecule has 48 heavy (non-hydrogen) atoms. The Morgan fingerprint density at radius 3 is 1.40 bits per heavy atom. The molecule has 2 unspecified atom stereocenters. The highest BCUT2D eigenvalue weighted by Crippen LogP contribution is 2.17. The highest BCUT2D eigenvalue weighted by molar-refractivity contribution is 5.76. The molecule has 0 aliphatic carbocycles. The van der Waals surface area contributed by atoms with E-state index in [1.165, 1.54) is 0 Å². The van der Waals surface area contributed by atoms with Crippen LogP contribution in [0.15, 0.2) is 5.11 Å². The minimum atomic E-state index is -0.607. The topological polar surface area (TPSA) is 194 Å². The van der Waals surface area contributed by atoms with Gasteiger partial charge in [0.05, 0.1) is 33.9 Å². The molecular formula is C35H61N3O10. The van der Waals surface area contributed by atoms with E-state index in [2.05, 4.69) is 31.3 Å². The van der Waals surface area contributed by atoms with E-state index in [1.54, 1.807) is 83.1 Å². The van der Waals surface area contributed by atoms with Crippen molar-refractivity contribution in [2.24, 2.45) is 26.8 Å². The van der Waals surface area contributed by atoms with Crippen molar-refractivity contribution in [2.75, 3.05) is 26.6 Å². The lowest BCUT2D eigenvalue weighted by Crippen LogP contribution is -2.27. The van der Waals surface area contributed by atoms with Crippen LogP contribution >= 0.6 is 0 Å². The van der Waals surface area contributed by atoms with E-state index in [1.807, 2.05) is 6.92 Å². The van der Waals surface area contributed by atoms with Gasteiger partial charge < -0.3 is 29.2 Å². The summed E-state index contributed by atoms with van der Waals surface area (Å²) >= 11 is 0. The largest absolute Gasteiger partial charge is 0.463 e. The zero-order valence-corrected chi connectivity index (χ0v) is 31.5. The van der Waals surface area contributed by atoms with Crippen LogP contribution < -0.4 is 0 Å². The normalized spacial score (nSPS) is 12.0. The molecule has 0 saturated heterocycles. The zero-order chi connectivity index (χ0) is 38.8. The molecule has 0 bridgehead atoms. The van der Waals surface area contributed by atoms with E-state index in [4.69, 9.17) is 33.0 Å². The van der Waals surface area contributed by atoms with Gasteiger partial charge in [0.1, 0.15) is 13.2 Å². The Morgan fingerprint density at radius 2 is 1.06 bits per heavy atom. The molecule has 13 heteroatoms. The monoisotopic (exact) mass is 683 g/mol. The van der Waals surface area contributed by atoms with E-state index in [-0.39, 0.29) is 50.4 Å². The number of carbonyl (C=O) groups is 4. The molecule has 2 atom stereocenters. The number of nitrogens with zero attached hydrogens (tertiary/aromatic N) is 3. The molecule has 0 rings (SSSR count). The third-order valence-electron chi connectivity index (χ3n) is 5.20. The van der Waals surface area contributed by atoms with Gasteiger partial charge in [0, 0.05) is 11.3 Å². The number of hydrogen-bond acceptors (Lipinski definition) is 11. The number of azide groups is 1. The third kappa shape index (κ3) is 33.6. The number of ether oxygens (including phenoxy) is 4. The van der Waals surface area contributed by atoms with Crippen LogP contribution in [0.4, 0.5) is 0 Å². The summed E-state index contributed by atoms with van der Waals surface area (Å²) in [5.41, 5.74) is 5.87. The molecule has 0 heterocycles. The smallest absolute Gasteiger partial charge is 0.312 e. The number of aliphatic hydroxyl groups is 2. The van der Waals surface area contributed by atoms with Crippen molar-refractivity contribution in [3.05, 3.63) is 10.4 Å². The fourth-order valence-corrected chi connectivity index (χ4v) is 2.07. The molecule has 13 nitrogen and oxygen atoms in total. The number of terminal acetylenes is 2. The molecule has 0 fully saturated rings. The Balaban J connectivity index is -0.000000272. The van der Waals surface area contributed by atoms with Crippen molar-refractivity contribution >= 4 is 23.9 Å². The summed E-state index contributed by atoms with van der Waals surface area (Å²) in [5.74, 6) is 3.53. The van der Waals surface area contributed by atoms with Crippen LogP contribution in [0.3, 0.4) is 0 Å². The third-order valence-corrected chi connectivity index (χ3v) is 5.20. The van der Waals surface area contributed by atoms with Gasteiger partial charge in [-0.3, -0.25) is 19.2 Å². The molecule has 0 aliphatic rings. The van der Waals surface area contributed by atoms with Crippen LogP contribution in [0.1, 0.15) is 116 Å². The minimum Gasteiger partial charge on any atom is -0.463 e. The SMILES string of the molecule is C#CCCCC(O)COC(=O)C(C)(C)C.C#CCOC(=O)C(C)(C)C.CC(C)(C)C(=O)OCN=[N+]=[N-].CCC(O)COC(=O)C(C)(C)C.